The van der Waals surface area contributed by atoms with Crippen molar-refractivity contribution in [2.75, 3.05) is 5.32 Å². The highest BCUT2D eigenvalue weighted by Gasteiger charge is 2.29. The van der Waals surface area contributed by atoms with Gasteiger partial charge < -0.3 is 15.7 Å². The molecule has 2 amide bonds. The van der Waals surface area contributed by atoms with Gasteiger partial charge in [-0.05, 0) is 43.6 Å². The second-order valence-corrected chi connectivity index (χ2v) is 8.93. The predicted molar refractivity (Wildman–Crippen MR) is 105 cm³/mol. The van der Waals surface area contributed by atoms with Crippen molar-refractivity contribution in [1.29, 1.82) is 0 Å². The normalized spacial score (nSPS) is 18.0. The fraction of sp³-hybridized carbons (Fsp3) is 0.650. The van der Waals surface area contributed by atoms with E-state index >= 15 is 0 Å². The molecule has 1 heterocycles. The standard InChI is InChI=1S/C20H28N2O4S/c1-12(11-17(24)25)10-16(23)22-20-18(14-8-5-9-15(14)27-20)19(26)21-13-6-3-2-4-7-13/h12-13H,2-11H2,1H3,(H,21,26)(H,22,23)(H,24,25)/t12-/m1/s1. The smallest absolute Gasteiger partial charge is 0.303 e. The van der Waals surface area contributed by atoms with Crippen molar-refractivity contribution in [3.05, 3.63) is 16.0 Å². The number of nitrogens with one attached hydrogen (secondary N) is 2. The van der Waals surface area contributed by atoms with Crippen molar-refractivity contribution in [2.24, 2.45) is 5.92 Å². The van der Waals surface area contributed by atoms with Crippen LogP contribution >= 0.6 is 11.3 Å². The zero-order valence-corrected chi connectivity index (χ0v) is 16.6. The second kappa shape index (κ2) is 8.87. The molecule has 3 rings (SSSR count). The summed E-state index contributed by atoms with van der Waals surface area (Å²) in [7, 11) is 0. The summed E-state index contributed by atoms with van der Waals surface area (Å²) in [6.45, 7) is 1.75. The number of thiophene rings is 1. The van der Waals surface area contributed by atoms with E-state index in [1.165, 1.54) is 22.6 Å². The van der Waals surface area contributed by atoms with Crippen LogP contribution in [0.25, 0.3) is 0 Å². The summed E-state index contributed by atoms with van der Waals surface area (Å²) in [6.07, 6.45) is 8.56. The lowest BCUT2D eigenvalue weighted by molar-refractivity contribution is -0.138. The van der Waals surface area contributed by atoms with Crippen LogP contribution in [0.1, 0.15) is 79.1 Å². The highest BCUT2D eigenvalue weighted by molar-refractivity contribution is 7.17. The molecule has 0 bridgehead atoms. The quantitative estimate of drug-likeness (QED) is 0.659. The van der Waals surface area contributed by atoms with Gasteiger partial charge in [-0.15, -0.1) is 11.3 Å². The highest BCUT2D eigenvalue weighted by Crippen LogP contribution is 2.39. The maximum atomic E-state index is 13.0. The molecule has 0 saturated heterocycles. The predicted octanol–water partition coefficient (Wildman–Crippen LogP) is 3.74. The van der Waals surface area contributed by atoms with E-state index in [4.69, 9.17) is 5.11 Å². The molecule has 0 aromatic carbocycles. The van der Waals surface area contributed by atoms with Gasteiger partial charge in [-0.2, -0.15) is 0 Å². The van der Waals surface area contributed by atoms with Gasteiger partial charge in [-0.25, -0.2) is 0 Å². The molecule has 0 radical (unpaired) electrons. The van der Waals surface area contributed by atoms with Crippen molar-refractivity contribution in [3.63, 3.8) is 0 Å². The van der Waals surface area contributed by atoms with Crippen molar-refractivity contribution in [2.45, 2.75) is 77.2 Å². The Labute approximate surface area is 163 Å². The van der Waals surface area contributed by atoms with E-state index in [1.807, 2.05) is 0 Å². The summed E-state index contributed by atoms with van der Waals surface area (Å²) in [4.78, 5) is 37.3. The van der Waals surface area contributed by atoms with Crippen LogP contribution in [-0.4, -0.2) is 28.9 Å². The number of carbonyl (C=O) groups is 3. The number of amides is 2. The maximum Gasteiger partial charge on any atom is 0.303 e. The van der Waals surface area contributed by atoms with E-state index < -0.39 is 5.97 Å². The van der Waals surface area contributed by atoms with E-state index in [-0.39, 0.29) is 36.6 Å². The van der Waals surface area contributed by atoms with Crippen LogP contribution < -0.4 is 10.6 Å². The van der Waals surface area contributed by atoms with Gasteiger partial charge in [0.2, 0.25) is 5.91 Å². The molecule has 1 aromatic heterocycles. The highest BCUT2D eigenvalue weighted by atomic mass is 32.1. The number of carboxylic acids is 1. The number of carboxylic acid groups (broad SMARTS) is 1. The van der Waals surface area contributed by atoms with Gasteiger partial charge >= 0.3 is 5.97 Å². The van der Waals surface area contributed by atoms with E-state index in [1.54, 1.807) is 6.92 Å². The molecule has 1 aromatic rings. The molecule has 0 unspecified atom stereocenters. The van der Waals surface area contributed by atoms with Gasteiger partial charge in [-0.1, -0.05) is 26.2 Å². The van der Waals surface area contributed by atoms with Gasteiger partial charge in [0, 0.05) is 23.8 Å². The lowest BCUT2D eigenvalue weighted by Gasteiger charge is -2.23. The van der Waals surface area contributed by atoms with Gasteiger partial charge in [0.1, 0.15) is 5.00 Å². The molecule has 2 aliphatic carbocycles. The molecule has 3 N–H and O–H groups in total. The Morgan fingerprint density at radius 2 is 1.85 bits per heavy atom. The maximum absolute atomic E-state index is 13.0. The third-order valence-electron chi connectivity index (χ3n) is 5.40. The Morgan fingerprint density at radius 3 is 2.56 bits per heavy atom. The zero-order chi connectivity index (χ0) is 19.4. The minimum absolute atomic E-state index is 0.0383. The number of anilines is 1. The van der Waals surface area contributed by atoms with Crippen molar-refractivity contribution < 1.29 is 19.5 Å². The first-order valence-corrected chi connectivity index (χ1v) is 10.7. The van der Waals surface area contributed by atoms with Crippen LogP contribution in [0.4, 0.5) is 5.00 Å². The molecular weight excluding hydrogens is 364 g/mol. The Morgan fingerprint density at radius 1 is 1.11 bits per heavy atom. The van der Waals surface area contributed by atoms with E-state index in [2.05, 4.69) is 10.6 Å². The molecule has 1 saturated carbocycles. The van der Waals surface area contributed by atoms with Crippen LogP contribution in [0, 0.1) is 5.92 Å². The average molecular weight is 393 g/mol. The number of rotatable bonds is 7. The Kier molecular flexibility index (Phi) is 6.52. The summed E-state index contributed by atoms with van der Waals surface area (Å²) >= 11 is 1.50. The van der Waals surface area contributed by atoms with Crippen LogP contribution in [0.5, 0.6) is 0 Å². The Bertz CT molecular complexity index is 722. The van der Waals surface area contributed by atoms with Crippen molar-refractivity contribution >= 4 is 34.1 Å². The Hall–Kier alpha value is -1.89. The monoisotopic (exact) mass is 392 g/mol. The summed E-state index contributed by atoms with van der Waals surface area (Å²) in [5.41, 5.74) is 1.72. The van der Waals surface area contributed by atoms with Crippen LogP contribution in [-0.2, 0) is 22.4 Å². The fourth-order valence-corrected chi connectivity index (χ4v) is 5.40. The second-order valence-electron chi connectivity index (χ2n) is 7.83. The van der Waals surface area contributed by atoms with Crippen molar-refractivity contribution in [1.82, 2.24) is 5.32 Å². The number of fused-ring (bicyclic) bond motifs is 1. The fourth-order valence-electron chi connectivity index (χ4n) is 4.10. The van der Waals surface area contributed by atoms with Crippen LogP contribution in [0.3, 0.4) is 0 Å². The molecule has 2 aliphatic rings. The third-order valence-corrected chi connectivity index (χ3v) is 6.61. The molecular formula is C20H28N2O4S. The van der Waals surface area contributed by atoms with Crippen molar-refractivity contribution in [3.8, 4) is 0 Å². The molecule has 27 heavy (non-hydrogen) atoms. The minimum Gasteiger partial charge on any atom is -0.481 e. The van der Waals surface area contributed by atoms with E-state index in [9.17, 15) is 14.4 Å². The molecule has 6 nitrogen and oxygen atoms in total. The number of hydrogen-bond acceptors (Lipinski definition) is 4. The van der Waals surface area contributed by atoms with Crippen LogP contribution in [0.15, 0.2) is 0 Å². The summed E-state index contributed by atoms with van der Waals surface area (Å²) in [5, 5.41) is 15.5. The average Bonchev–Trinajstić information content (AvgIpc) is 3.15. The van der Waals surface area contributed by atoms with Gasteiger partial charge in [0.25, 0.3) is 5.91 Å². The van der Waals surface area contributed by atoms with E-state index in [0.29, 0.717) is 10.6 Å². The van der Waals surface area contributed by atoms with Gasteiger partial charge in [0.05, 0.1) is 5.56 Å². The molecule has 7 heteroatoms. The van der Waals surface area contributed by atoms with Gasteiger partial charge in [-0.3, -0.25) is 14.4 Å². The molecule has 1 fully saturated rings. The number of aryl methyl sites for hydroxylation is 1. The largest absolute Gasteiger partial charge is 0.481 e. The first kappa shape index (κ1) is 19.9. The number of carbonyl (C=O) groups excluding carboxylic acids is 2. The molecule has 1 atom stereocenters. The summed E-state index contributed by atoms with van der Waals surface area (Å²) < 4.78 is 0. The number of aliphatic carboxylic acids is 1. The lowest BCUT2D eigenvalue weighted by atomic mass is 9.95. The topological polar surface area (TPSA) is 95.5 Å². The first-order valence-electron chi connectivity index (χ1n) is 9.91. The number of hydrogen-bond donors (Lipinski definition) is 3. The SMILES string of the molecule is C[C@@H](CC(=O)O)CC(=O)Nc1sc2c(c1C(=O)NC1CCCCC1)CCC2. The first-order chi connectivity index (χ1) is 12.9. The third kappa shape index (κ3) is 5.09. The lowest BCUT2D eigenvalue weighted by Crippen LogP contribution is -2.36. The summed E-state index contributed by atoms with van der Waals surface area (Å²) in [5.74, 6) is -1.45. The zero-order valence-electron chi connectivity index (χ0n) is 15.8. The minimum atomic E-state index is -0.905. The molecule has 0 aliphatic heterocycles. The van der Waals surface area contributed by atoms with E-state index in [0.717, 1.165) is 50.5 Å². The Balaban J connectivity index is 1.70. The molecule has 148 valence electrons. The molecule has 0 spiro atoms. The van der Waals surface area contributed by atoms with Crippen LogP contribution in [0.2, 0.25) is 0 Å². The van der Waals surface area contributed by atoms with Gasteiger partial charge in [0.15, 0.2) is 0 Å². The summed E-state index contributed by atoms with van der Waals surface area (Å²) in [6, 6.07) is 0.224.